The maximum Gasteiger partial charge on any atom is 0.355 e. The van der Waals surface area contributed by atoms with Gasteiger partial charge in [-0.2, -0.15) is 0 Å². The van der Waals surface area contributed by atoms with Crippen molar-refractivity contribution in [1.29, 1.82) is 0 Å². The van der Waals surface area contributed by atoms with Crippen LogP contribution in [0, 0.1) is 0 Å². The third-order valence-electron chi connectivity index (χ3n) is 3.43. The minimum Gasteiger partial charge on any atom is -0.485 e. The van der Waals surface area contributed by atoms with Crippen molar-refractivity contribution >= 4 is 29.2 Å². The molecule has 0 unspecified atom stereocenters. The molecule has 0 aromatic heterocycles. The lowest BCUT2D eigenvalue weighted by Crippen LogP contribution is -2.27. The standard InChI is InChI=1S/C18H16ClF2NO5/c1-25-17(23)12-5-3-4-8-22(16(12)18(24)26-2)13-9-11(19)6-7-14(13)27-10-15(20)21/h3-9,15H,10H2,1-2H3. The Morgan fingerprint density at radius 2 is 1.85 bits per heavy atom. The van der Waals surface area contributed by atoms with Gasteiger partial charge in [0, 0.05) is 11.2 Å². The number of hydrogen-bond acceptors (Lipinski definition) is 6. The van der Waals surface area contributed by atoms with Gasteiger partial charge in [0.2, 0.25) is 0 Å². The fraction of sp³-hybridized carbons (Fsp3) is 0.222. The Morgan fingerprint density at radius 3 is 2.48 bits per heavy atom. The van der Waals surface area contributed by atoms with E-state index in [1.54, 1.807) is 0 Å². The first-order valence-corrected chi connectivity index (χ1v) is 8.02. The van der Waals surface area contributed by atoms with Crippen LogP contribution in [0.1, 0.15) is 0 Å². The molecular weight excluding hydrogens is 384 g/mol. The summed E-state index contributed by atoms with van der Waals surface area (Å²) in [6, 6.07) is 4.25. The number of benzene rings is 1. The molecule has 0 saturated heterocycles. The van der Waals surface area contributed by atoms with Crippen molar-refractivity contribution < 1.29 is 32.6 Å². The van der Waals surface area contributed by atoms with E-state index < -0.39 is 25.0 Å². The van der Waals surface area contributed by atoms with Crippen LogP contribution in [0.2, 0.25) is 5.02 Å². The van der Waals surface area contributed by atoms with Crippen LogP contribution in [-0.4, -0.2) is 39.2 Å². The Balaban J connectivity index is 2.65. The number of esters is 2. The molecule has 27 heavy (non-hydrogen) atoms. The normalized spacial score (nSPS) is 13.6. The molecule has 0 amide bonds. The predicted octanol–water partition coefficient (Wildman–Crippen LogP) is 3.47. The highest BCUT2D eigenvalue weighted by atomic mass is 35.5. The Hall–Kier alpha value is -2.87. The summed E-state index contributed by atoms with van der Waals surface area (Å²) in [5.74, 6) is -1.58. The number of alkyl halides is 2. The van der Waals surface area contributed by atoms with Crippen LogP contribution < -0.4 is 9.64 Å². The van der Waals surface area contributed by atoms with E-state index in [-0.39, 0.29) is 27.7 Å². The van der Waals surface area contributed by atoms with Gasteiger partial charge < -0.3 is 19.1 Å². The minimum atomic E-state index is -2.70. The number of anilines is 1. The molecule has 0 N–H and O–H groups in total. The van der Waals surface area contributed by atoms with E-state index in [0.29, 0.717) is 0 Å². The summed E-state index contributed by atoms with van der Waals surface area (Å²) >= 11 is 6.03. The molecule has 0 fully saturated rings. The lowest BCUT2D eigenvalue weighted by molar-refractivity contribution is -0.139. The van der Waals surface area contributed by atoms with Gasteiger partial charge in [0.1, 0.15) is 18.1 Å². The highest BCUT2D eigenvalue weighted by Crippen LogP contribution is 2.36. The smallest absolute Gasteiger partial charge is 0.355 e. The van der Waals surface area contributed by atoms with E-state index in [2.05, 4.69) is 0 Å². The number of nitrogens with zero attached hydrogens (tertiary/aromatic N) is 1. The summed E-state index contributed by atoms with van der Waals surface area (Å²) in [7, 11) is 2.31. The van der Waals surface area contributed by atoms with E-state index in [4.69, 9.17) is 25.8 Å². The summed E-state index contributed by atoms with van der Waals surface area (Å²) in [4.78, 5) is 25.8. The number of methoxy groups -OCH3 is 2. The first-order valence-electron chi connectivity index (χ1n) is 7.64. The SMILES string of the molecule is COC(=O)C1=C(C(=O)OC)N(c2cc(Cl)ccc2OCC(F)F)C=CC=C1. The van der Waals surface area contributed by atoms with Crippen LogP contribution in [0.3, 0.4) is 0 Å². The number of hydrogen-bond donors (Lipinski definition) is 0. The molecule has 0 atom stereocenters. The molecule has 1 aromatic carbocycles. The predicted molar refractivity (Wildman–Crippen MR) is 94.8 cm³/mol. The van der Waals surface area contributed by atoms with Crippen LogP contribution in [0.25, 0.3) is 0 Å². The molecule has 144 valence electrons. The summed E-state index contributed by atoms with van der Waals surface area (Å²) in [5.41, 5.74) is -0.0995. The quantitative estimate of drug-likeness (QED) is 0.682. The molecule has 0 aliphatic carbocycles. The summed E-state index contributed by atoms with van der Waals surface area (Å²) < 4.78 is 39.8. The summed E-state index contributed by atoms with van der Waals surface area (Å²) in [6.07, 6.45) is 3.17. The van der Waals surface area contributed by atoms with Crippen molar-refractivity contribution in [1.82, 2.24) is 0 Å². The minimum absolute atomic E-state index is 0.0388. The maximum atomic E-state index is 12.6. The Labute approximate surface area is 159 Å². The molecule has 2 rings (SSSR count). The van der Waals surface area contributed by atoms with Gasteiger partial charge in [-0.1, -0.05) is 17.7 Å². The van der Waals surface area contributed by atoms with Crippen molar-refractivity contribution in [2.45, 2.75) is 6.43 Å². The lowest BCUT2D eigenvalue weighted by atomic mass is 10.1. The Morgan fingerprint density at radius 1 is 1.15 bits per heavy atom. The third-order valence-corrected chi connectivity index (χ3v) is 3.67. The van der Waals surface area contributed by atoms with Crippen LogP contribution in [0.15, 0.2) is 53.9 Å². The van der Waals surface area contributed by atoms with Crippen LogP contribution in [0.5, 0.6) is 5.75 Å². The summed E-state index contributed by atoms with van der Waals surface area (Å²) in [5, 5.41) is 0.267. The molecule has 1 aromatic rings. The van der Waals surface area contributed by atoms with E-state index in [9.17, 15) is 18.4 Å². The van der Waals surface area contributed by atoms with Crippen molar-refractivity contribution in [2.75, 3.05) is 25.7 Å². The molecule has 0 radical (unpaired) electrons. The van der Waals surface area contributed by atoms with Gasteiger partial charge in [0.25, 0.3) is 6.43 Å². The summed E-state index contributed by atoms with van der Waals surface area (Å²) in [6.45, 7) is -0.856. The zero-order chi connectivity index (χ0) is 20.0. The maximum absolute atomic E-state index is 12.6. The van der Waals surface area contributed by atoms with Gasteiger partial charge in [-0.15, -0.1) is 0 Å². The average molecular weight is 400 g/mol. The third kappa shape index (κ3) is 4.85. The highest BCUT2D eigenvalue weighted by molar-refractivity contribution is 6.31. The van der Waals surface area contributed by atoms with Crippen LogP contribution in [-0.2, 0) is 19.1 Å². The number of ether oxygens (including phenoxy) is 3. The van der Waals surface area contributed by atoms with Crippen molar-refractivity contribution in [2.24, 2.45) is 0 Å². The molecule has 1 aliphatic rings. The number of rotatable bonds is 6. The lowest BCUT2D eigenvalue weighted by Gasteiger charge is -2.25. The molecule has 0 spiro atoms. The Kier molecular flexibility index (Phi) is 6.95. The second-order valence-electron chi connectivity index (χ2n) is 5.13. The molecule has 0 bridgehead atoms. The van der Waals surface area contributed by atoms with Gasteiger partial charge in [0.15, 0.2) is 0 Å². The number of halogens is 3. The topological polar surface area (TPSA) is 65.1 Å². The van der Waals surface area contributed by atoms with Gasteiger partial charge in [-0.05, 0) is 30.4 Å². The highest BCUT2D eigenvalue weighted by Gasteiger charge is 2.29. The second-order valence-corrected chi connectivity index (χ2v) is 5.57. The number of allylic oxidation sites excluding steroid dienone is 2. The monoisotopic (exact) mass is 399 g/mol. The van der Waals surface area contributed by atoms with Gasteiger partial charge in [-0.25, -0.2) is 18.4 Å². The molecule has 1 aliphatic heterocycles. The largest absolute Gasteiger partial charge is 0.485 e. The zero-order valence-corrected chi connectivity index (χ0v) is 15.2. The fourth-order valence-electron chi connectivity index (χ4n) is 2.30. The van der Waals surface area contributed by atoms with Crippen LogP contribution >= 0.6 is 11.6 Å². The van der Waals surface area contributed by atoms with Crippen molar-refractivity contribution in [3.05, 3.63) is 58.9 Å². The van der Waals surface area contributed by atoms with E-state index >= 15 is 0 Å². The first-order chi connectivity index (χ1) is 12.9. The van der Waals surface area contributed by atoms with E-state index in [1.807, 2.05) is 0 Å². The van der Waals surface area contributed by atoms with Crippen molar-refractivity contribution in [3.8, 4) is 5.75 Å². The van der Waals surface area contributed by atoms with E-state index in [0.717, 1.165) is 14.2 Å². The molecule has 9 heteroatoms. The number of carbonyl (C=O) groups is 2. The molecule has 1 heterocycles. The first kappa shape index (κ1) is 20.4. The van der Waals surface area contributed by atoms with Gasteiger partial charge >= 0.3 is 11.9 Å². The van der Waals surface area contributed by atoms with Gasteiger partial charge in [-0.3, -0.25) is 0 Å². The average Bonchev–Trinajstić information content (AvgIpc) is 2.88. The second kappa shape index (κ2) is 9.18. The van der Waals surface area contributed by atoms with Crippen LogP contribution in [0.4, 0.5) is 14.5 Å². The molecule has 0 saturated carbocycles. The fourth-order valence-corrected chi connectivity index (χ4v) is 2.47. The molecule has 6 nitrogen and oxygen atoms in total. The van der Waals surface area contributed by atoms with Gasteiger partial charge in [0.05, 0.1) is 25.5 Å². The Bertz CT molecular complexity index is 820. The number of carbonyl (C=O) groups excluding carboxylic acids is 2. The zero-order valence-electron chi connectivity index (χ0n) is 14.4. The van der Waals surface area contributed by atoms with Crippen molar-refractivity contribution in [3.63, 3.8) is 0 Å². The van der Waals surface area contributed by atoms with E-state index in [1.165, 1.54) is 47.5 Å². The molecular formula is C18H16ClF2NO5.